The Morgan fingerprint density at radius 2 is 1.89 bits per heavy atom. The van der Waals surface area contributed by atoms with E-state index < -0.39 is 16.1 Å². The minimum atomic E-state index is -3.75. The topological polar surface area (TPSA) is 141 Å². The van der Waals surface area contributed by atoms with E-state index in [1.54, 1.807) is 6.92 Å². The van der Waals surface area contributed by atoms with Crippen molar-refractivity contribution < 1.29 is 18.3 Å². The van der Waals surface area contributed by atoms with Gasteiger partial charge < -0.3 is 10.4 Å². The quantitative estimate of drug-likeness (QED) is 0.388. The van der Waals surface area contributed by atoms with Crippen LogP contribution in [0.1, 0.15) is 42.8 Å². The van der Waals surface area contributed by atoms with Crippen LogP contribution >= 0.6 is 11.3 Å². The zero-order chi connectivity index (χ0) is 26.3. The van der Waals surface area contributed by atoms with Crippen LogP contribution in [0.25, 0.3) is 10.9 Å². The molecule has 1 aliphatic carbocycles. The molecule has 5 rings (SSSR count). The monoisotopic (exact) mass is 545 g/mol. The van der Waals surface area contributed by atoms with Crippen LogP contribution < -0.4 is 10.6 Å². The first-order valence-corrected chi connectivity index (χ1v) is 14.6. The molecule has 3 heterocycles. The van der Waals surface area contributed by atoms with Gasteiger partial charge in [-0.25, -0.2) is 28.2 Å². The minimum Gasteiger partial charge on any atom is -0.465 e. The Morgan fingerprint density at radius 1 is 1.16 bits per heavy atom. The number of aryl methyl sites for hydroxylation is 2. The standard InChI is InChI=1S/C24H31N7O4S2/c1-14-5-4-6-18-19(14)27-20(17-7-8-17)28-21(18)25-15(2)13-30-9-11-31(12-10-30)37(34,35)22-16(3)26-23(36-22)29-24(32)33/h4-6,15,17H,7-13H2,1-3H3,(H,26,29)(H,32,33)(H,25,27,28). The van der Waals surface area contributed by atoms with E-state index in [0.717, 1.165) is 58.8 Å². The number of thiazole rings is 1. The Morgan fingerprint density at radius 3 is 2.57 bits per heavy atom. The molecule has 13 heteroatoms. The van der Waals surface area contributed by atoms with E-state index in [2.05, 4.69) is 46.5 Å². The number of nitrogens with one attached hydrogen (secondary N) is 2. The van der Waals surface area contributed by atoms with Crippen LogP contribution in [-0.2, 0) is 10.0 Å². The summed E-state index contributed by atoms with van der Waals surface area (Å²) in [5.74, 6) is 2.22. The number of amides is 1. The number of hydrogen-bond donors (Lipinski definition) is 3. The summed E-state index contributed by atoms with van der Waals surface area (Å²) < 4.78 is 27.9. The van der Waals surface area contributed by atoms with Gasteiger partial charge in [-0.05, 0) is 45.2 Å². The molecule has 198 valence electrons. The molecule has 11 nitrogen and oxygen atoms in total. The molecule has 1 saturated carbocycles. The van der Waals surface area contributed by atoms with Crippen molar-refractivity contribution in [2.45, 2.75) is 49.8 Å². The van der Waals surface area contributed by atoms with Gasteiger partial charge in [0.05, 0.1) is 11.2 Å². The minimum absolute atomic E-state index is 0.0550. The maximum absolute atomic E-state index is 13.2. The number of fused-ring (bicyclic) bond motifs is 1. The van der Waals surface area contributed by atoms with E-state index in [1.165, 1.54) is 4.31 Å². The SMILES string of the molecule is Cc1nc(NC(=O)O)sc1S(=O)(=O)N1CCN(CC(C)Nc2nc(C3CC3)nc3c(C)cccc23)CC1. The summed E-state index contributed by atoms with van der Waals surface area (Å²) in [5.41, 5.74) is 2.43. The molecule has 37 heavy (non-hydrogen) atoms. The van der Waals surface area contributed by atoms with Crippen molar-refractivity contribution in [2.24, 2.45) is 0 Å². The molecule has 1 atom stereocenters. The first kappa shape index (κ1) is 25.8. The average molecular weight is 546 g/mol. The van der Waals surface area contributed by atoms with E-state index in [4.69, 9.17) is 15.1 Å². The second-order valence-corrected chi connectivity index (χ2v) is 12.9. The number of carbonyl (C=O) groups is 1. The molecule has 0 bridgehead atoms. The number of benzene rings is 1. The van der Waals surface area contributed by atoms with Crippen LogP contribution in [-0.4, -0.2) is 82.5 Å². The first-order chi connectivity index (χ1) is 17.6. The van der Waals surface area contributed by atoms with E-state index >= 15 is 0 Å². The molecule has 2 aromatic heterocycles. The van der Waals surface area contributed by atoms with E-state index in [1.807, 2.05) is 6.07 Å². The predicted octanol–water partition coefficient (Wildman–Crippen LogP) is 3.48. The maximum Gasteiger partial charge on any atom is 0.410 e. The van der Waals surface area contributed by atoms with Crippen molar-refractivity contribution in [3.05, 3.63) is 35.3 Å². The normalized spacial score (nSPS) is 18.1. The Hall–Kier alpha value is -2.87. The number of carboxylic acid groups (broad SMARTS) is 1. The summed E-state index contributed by atoms with van der Waals surface area (Å²) in [6, 6.07) is 6.25. The summed E-state index contributed by atoms with van der Waals surface area (Å²) in [7, 11) is -3.75. The third-order valence-corrected chi connectivity index (χ3v) is 10.2. The molecule has 1 amide bonds. The van der Waals surface area contributed by atoms with Crippen LogP contribution in [0.5, 0.6) is 0 Å². The highest BCUT2D eigenvalue weighted by Gasteiger charge is 2.33. The van der Waals surface area contributed by atoms with Crippen molar-refractivity contribution in [3.63, 3.8) is 0 Å². The number of nitrogens with zero attached hydrogens (tertiary/aromatic N) is 5. The molecule has 2 fully saturated rings. The van der Waals surface area contributed by atoms with Gasteiger partial charge in [0.15, 0.2) is 9.34 Å². The average Bonchev–Trinajstić information content (AvgIpc) is 3.62. The molecule has 3 N–H and O–H groups in total. The van der Waals surface area contributed by atoms with Gasteiger partial charge in [-0.3, -0.25) is 10.2 Å². The number of rotatable bonds is 8. The second kappa shape index (κ2) is 10.1. The van der Waals surface area contributed by atoms with Gasteiger partial charge in [0.25, 0.3) is 10.0 Å². The number of hydrogen-bond acceptors (Lipinski definition) is 9. The lowest BCUT2D eigenvalue weighted by molar-refractivity contribution is 0.184. The zero-order valence-electron chi connectivity index (χ0n) is 21.1. The number of sulfonamides is 1. The van der Waals surface area contributed by atoms with Crippen molar-refractivity contribution in [1.82, 2.24) is 24.2 Å². The molecule has 0 radical (unpaired) electrons. The van der Waals surface area contributed by atoms with Gasteiger partial charge in [0, 0.05) is 50.1 Å². The highest BCUT2D eigenvalue weighted by molar-refractivity contribution is 7.91. The van der Waals surface area contributed by atoms with Crippen LogP contribution in [0.4, 0.5) is 15.7 Å². The lowest BCUT2D eigenvalue weighted by Crippen LogP contribution is -2.50. The number of anilines is 2. The molecule has 2 aliphatic rings. The molecule has 1 unspecified atom stereocenters. The smallest absolute Gasteiger partial charge is 0.410 e. The molecule has 1 saturated heterocycles. The molecular formula is C24H31N7O4S2. The highest BCUT2D eigenvalue weighted by Crippen LogP contribution is 2.39. The van der Waals surface area contributed by atoms with Gasteiger partial charge >= 0.3 is 6.09 Å². The summed E-state index contributed by atoms with van der Waals surface area (Å²) in [4.78, 5) is 26.9. The molecular weight excluding hydrogens is 514 g/mol. The second-order valence-electron chi connectivity index (χ2n) is 9.75. The van der Waals surface area contributed by atoms with Gasteiger partial charge in [-0.15, -0.1) is 0 Å². The fourth-order valence-electron chi connectivity index (χ4n) is 4.65. The number of piperazine rings is 1. The van der Waals surface area contributed by atoms with Crippen molar-refractivity contribution in [1.29, 1.82) is 0 Å². The van der Waals surface area contributed by atoms with E-state index in [0.29, 0.717) is 37.8 Å². The third kappa shape index (κ3) is 5.54. The summed E-state index contributed by atoms with van der Waals surface area (Å²) in [6.07, 6.45) is 0.999. The van der Waals surface area contributed by atoms with Gasteiger partial charge in [0.1, 0.15) is 11.6 Å². The lowest BCUT2D eigenvalue weighted by Gasteiger charge is -2.35. The summed E-state index contributed by atoms with van der Waals surface area (Å²) in [5, 5.41) is 15.7. The molecule has 1 aromatic carbocycles. The largest absolute Gasteiger partial charge is 0.465 e. The van der Waals surface area contributed by atoms with Gasteiger partial charge in [-0.1, -0.05) is 23.5 Å². The van der Waals surface area contributed by atoms with E-state index in [9.17, 15) is 13.2 Å². The van der Waals surface area contributed by atoms with Crippen molar-refractivity contribution in [2.75, 3.05) is 43.4 Å². The van der Waals surface area contributed by atoms with Crippen molar-refractivity contribution >= 4 is 49.3 Å². The maximum atomic E-state index is 13.2. The fourth-order valence-corrected chi connectivity index (χ4v) is 7.61. The van der Waals surface area contributed by atoms with Crippen LogP contribution in [0.15, 0.2) is 22.4 Å². The molecule has 1 aliphatic heterocycles. The van der Waals surface area contributed by atoms with Crippen LogP contribution in [0.3, 0.4) is 0 Å². The Labute approximate surface area is 220 Å². The lowest BCUT2D eigenvalue weighted by atomic mass is 10.1. The Bertz CT molecular complexity index is 1430. The van der Waals surface area contributed by atoms with Crippen molar-refractivity contribution in [3.8, 4) is 0 Å². The Balaban J connectivity index is 1.23. The summed E-state index contributed by atoms with van der Waals surface area (Å²) in [6.45, 7) is 8.42. The molecule has 0 spiro atoms. The molecule has 3 aromatic rings. The first-order valence-electron chi connectivity index (χ1n) is 12.4. The summed E-state index contributed by atoms with van der Waals surface area (Å²) >= 11 is 0.842. The van der Waals surface area contributed by atoms with Gasteiger partial charge in [-0.2, -0.15) is 4.31 Å². The van der Waals surface area contributed by atoms with Crippen LogP contribution in [0, 0.1) is 13.8 Å². The Kier molecular flexibility index (Phi) is 7.05. The van der Waals surface area contributed by atoms with Crippen LogP contribution in [0.2, 0.25) is 0 Å². The number of aromatic nitrogens is 3. The third-order valence-electron chi connectivity index (χ3n) is 6.68. The number of para-hydroxylation sites is 1. The zero-order valence-corrected chi connectivity index (χ0v) is 22.7. The highest BCUT2D eigenvalue weighted by atomic mass is 32.2. The fraction of sp³-hybridized carbons (Fsp3) is 0.500. The predicted molar refractivity (Wildman–Crippen MR) is 143 cm³/mol. The van der Waals surface area contributed by atoms with E-state index in [-0.39, 0.29) is 15.4 Å². The van der Waals surface area contributed by atoms with Gasteiger partial charge in [0.2, 0.25) is 0 Å².